The third kappa shape index (κ3) is 1.98. The predicted octanol–water partition coefficient (Wildman–Crippen LogP) is 2.08. The van der Waals surface area contributed by atoms with E-state index in [1.54, 1.807) is 0 Å². The van der Waals surface area contributed by atoms with Gasteiger partial charge in [0.25, 0.3) is 0 Å². The summed E-state index contributed by atoms with van der Waals surface area (Å²) in [5.41, 5.74) is 1.94. The van der Waals surface area contributed by atoms with Crippen LogP contribution >= 0.6 is 0 Å². The SMILES string of the molecule is CCc1nc(NC)cc(-c2ccc[nH]2)n1. The monoisotopic (exact) mass is 202 g/mol. The molecule has 0 bridgehead atoms. The summed E-state index contributed by atoms with van der Waals surface area (Å²) in [6.45, 7) is 2.05. The van der Waals surface area contributed by atoms with Crippen LogP contribution in [0.5, 0.6) is 0 Å². The molecule has 15 heavy (non-hydrogen) atoms. The van der Waals surface area contributed by atoms with E-state index in [-0.39, 0.29) is 0 Å². The zero-order chi connectivity index (χ0) is 10.7. The first-order valence-corrected chi connectivity index (χ1v) is 5.03. The molecule has 0 atom stereocenters. The Morgan fingerprint density at radius 1 is 1.40 bits per heavy atom. The Bertz CT molecular complexity index is 412. The van der Waals surface area contributed by atoms with E-state index in [2.05, 4.69) is 20.3 Å². The van der Waals surface area contributed by atoms with E-state index in [1.165, 1.54) is 0 Å². The van der Waals surface area contributed by atoms with Crippen LogP contribution in [0, 0.1) is 0 Å². The Labute approximate surface area is 88.8 Å². The van der Waals surface area contributed by atoms with Gasteiger partial charge in [-0.05, 0) is 12.1 Å². The second-order valence-corrected chi connectivity index (χ2v) is 3.24. The van der Waals surface area contributed by atoms with Crippen molar-refractivity contribution in [3.05, 3.63) is 30.2 Å². The molecular formula is C11H14N4. The second kappa shape index (κ2) is 4.13. The predicted molar refractivity (Wildman–Crippen MR) is 60.7 cm³/mol. The Morgan fingerprint density at radius 3 is 2.87 bits per heavy atom. The van der Waals surface area contributed by atoms with Crippen LogP contribution in [0.15, 0.2) is 24.4 Å². The van der Waals surface area contributed by atoms with Crippen molar-refractivity contribution >= 4 is 5.82 Å². The van der Waals surface area contributed by atoms with Crippen LogP contribution < -0.4 is 5.32 Å². The highest BCUT2D eigenvalue weighted by atomic mass is 15.0. The number of nitrogens with one attached hydrogen (secondary N) is 2. The van der Waals surface area contributed by atoms with Gasteiger partial charge < -0.3 is 10.3 Å². The molecule has 0 radical (unpaired) electrons. The lowest BCUT2D eigenvalue weighted by molar-refractivity contribution is 0.943. The highest BCUT2D eigenvalue weighted by Gasteiger charge is 2.04. The summed E-state index contributed by atoms with van der Waals surface area (Å²) in [7, 11) is 1.86. The van der Waals surface area contributed by atoms with Gasteiger partial charge in [-0.3, -0.25) is 0 Å². The highest BCUT2D eigenvalue weighted by molar-refractivity contribution is 5.58. The Hall–Kier alpha value is -1.84. The lowest BCUT2D eigenvalue weighted by Gasteiger charge is -2.05. The van der Waals surface area contributed by atoms with Gasteiger partial charge in [0.05, 0.1) is 11.4 Å². The number of aromatic amines is 1. The van der Waals surface area contributed by atoms with Crippen LogP contribution in [0.25, 0.3) is 11.4 Å². The van der Waals surface area contributed by atoms with Crippen LogP contribution in [0.2, 0.25) is 0 Å². The molecule has 4 heteroatoms. The van der Waals surface area contributed by atoms with Crippen molar-refractivity contribution in [2.45, 2.75) is 13.3 Å². The summed E-state index contributed by atoms with van der Waals surface area (Å²) in [5, 5.41) is 3.04. The molecule has 4 nitrogen and oxygen atoms in total. The van der Waals surface area contributed by atoms with Crippen molar-refractivity contribution in [2.75, 3.05) is 12.4 Å². The third-order valence-electron chi connectivity index (χ3n) is 2.22. The molecule has 2 N–H and O–H groups in total. The third-order valence-corrected chi connectivity index (χ3v) is 2.22. The number of H-pyrrole nitrogens is 1. The normalized spacial score (nSPS) is 10.3. The first-order valence-electron chi connectivity index (χ1n) is 5.03. The molecular weight excluding hydrogens is 188 g/mol. The molecule has 2 aromatic heterocycles. The summed E-state index contributed by atoms with van der Waals surface area (Å²) < 4.78 is 0. The van der Waals surface area contributed by atoms with Crippen LogP contribution in [0.3, 0.4) is 0 Å². The van der Waals surface area contributed by atoms with E-state index in [0.717, 1.165) is 29.5 Å². The summed E-state index contributed by atoms with van der Waals surface area (Å²) in [4.78, 5) is 11.9. The topological polar surface area (TPSA) is 53.6 Å². The summed E-state index contributed by atoms with van der Waals surface area (Å²) >= 11 is 0. The number of aryl methyl sites for hydroxylation is 1. The van der Waals surface area contributed by atoms with Gasteiger partial charge in [0, 0.05) is 25.7 Å². The quantitative estimate of drug-likeness (QED) is 0.801. The Balaban J connectivity index is 2.47. The molecule has 0 saturated carbocycles. The first kappa shape index (κ1) is 9.71. The lowest BCUT2D eigenvalue weighted by atomic mass is 10.3. The van der Waals surface area contributed by atoms with Gasteiger partial charge in [-0.1, -0.05) is 6.92 Å². The number of hydrogen-bond acceptors (Lipinski definition) is 3. The maximum atomic E-state index is 4.46. The first-order chi connectivity index (χ1) is 7.33. The average Bonchev–Trinajstić information content (AvgIpc) is 2.81. The molecule has 0 aliphatic heterocycles. The minimum absolute atomic E-state index is 0.837. The van der Waals surface area contributed by atoms with Crippen molar-refractivity contribution in [1.29, 1.82) is 0 Å². The second-order valence-electron chi connectivity index (χ2n) is 3.24. The van der Waals surface area contributed by atoms with Gasteiger partial charge in [-0.25, -0.2) is 9.97 Å². The standard InChI is InChI=1S/C11H14N4/c1-3-10-14-9(7-11(12-2)15-10)8-5-4-6-13-8/h4-7,13H,3H2,1-2H3,(H,12,14,15). The molecule has 0 unspecified atom stereocenters. The molecule has 78 valence electrons. The zero-order valence-corrected chi connectivity index (χ0v) is 8.91. The molecule has 2 aromatic rings. The molecule has 0 spiro atoms. The number of nitrogens with zero attached hydrogens (tertiary/aromatic N) is 2. The largest absolute Gasteiger partial charge is 0.373 e. The van der Waals surface area contributed by atoms with Crippen LogP contribution in [-0.4, -0.2) is 22.0 Å². The van der Waals surface area contributed by atoms with Crippen LogP contribution in [0.4, 0.5) is 5.82 Å². The van der Waals surface area contributed by atoms with Gasteiger partial charge in [-0.15, -0.1) is 0 Å². The number of rotatable bonds is 3. The smallest absolute Gasteiger partial charge is 0.131 e. The average molecular weight is 202 g/mol. The van der Waals surface area contributed by atoms with Gasteiger partial charge in [0.15, 0.2) is 0 Å². The van der Waals surface area contributed by atoms with E-state index >= 15 is 0 Å². The number of hydrogen-bond donors (Lipinski definition) is 2. The Morgan fingerprint density at radius 2 is 2.27 bits per heavy atom. The summed E-state index contributed by atoms with van der Waals surface area (Å²) in [6, 6.07) is 5.90. The molecule has 0 amide bonds. The van der Waals surface area contributed by atoms with Gasteiger partial charge in [0.1, 0.15) is 11.6 Å². The molecule has 2 rings (SSSR count). The molecule has 2 heterocycles. The molecule has 0 fully saturated rings. The lowest BCUT2D eigenvalue weighted by Crippen LogP contribution is -2.00. The van der Waals surface area contributed by atoms with Crippen molar-refractivity contribution in [1.82, 2.24) is 15.0 Å². The zero-order valence-electron chi connectivity index (χ0n) is 8.91. The maximum absolute atomic E-state index is 4.46. The maximum Gasteiger partial charge on any atom is 0.131 e. The number of aromatic nitrogens is 3. The van der Waals surface area contributed by atoms with Crippen molar-refractivity contribution in [3.63, 3.8) is 0 Å². The molecule has 0 aromatic carbocycles. The van der Waals surface area contributed by atoms with Crippen LogP contribution in [0.1, 0.15) is 12.7 Å². The minimum atomic E-state index is 0.837. The minimum Gasteiger partial charge on any atom is -0.373 e. The fourth-order valence-electron chi connectivity index (χ4n) is 1.41. The van der Waals surface area contributed by atoms with Gasteiger partial charge >= 0.3 is 0 Å². The van der Waals surface area contributed by atoms with E-state index in [9.17, 15) is 0 Å². The molecule has 0 aliphatic carbocycles. The fraction of sp³-hybridized carbons (Fsp3) is 0.273. The van der Waals surface area contributed by atoms with E-state index in [0.29, 0.717) is 0 Å². The highest BCUT2D eigenvalue weighted by Crippen LogP contribution is 2.17. The van der Waals surface area contributed by atoms with E-state index in [4.69, 9.17) is 0 Å². The summed E-state index contributed by atoms with van der Waals surface area (Å²) in [5.74, 6) is 1.71. The Kier molecular flexibility index (Phi) is 2.67. The van der Waals surface area contributed by atoms with Crippen LogP contribution in [-0.2, 0) is 6.42 Å². The van der Waals surface area contributed by atoms with Gasteiger partial charge in [0.2, 0.25) is 0 Å². The number of anilines is 1. The molecule has 0 aliphatic rings. The van der Waals surface area contributed by atoms with E-state index < -0.39 is 0 Å². The van der Waals surface area contributed by atoms with Gasteiger partial charge in [-0.2, -0.15) is 0 Å². The fourth-order valence-corrected chi connectivity index (χ4v) is 1.41. The molecule has 0 saturated heterocycles. The van der Waals surface area contributed by atoms with Crippen molar-refractivity contribution in [2.24, 2.45) is 0 Å². The summed E-state index contributed by atoms with van der Waals surface area (Å²) in [6.07, 6.45) is 2.73. The van der Waals surface area contributed by atoms with E-state index in [1.807, 2.05) is 38.4 Å². The van der Waals surface area contributed by atoms with Crippen molar-refractivity contribution < 1.29 is 0 Å². The van der Waals surface area contributed by atoms with Crippen molar-refractivity contribution in [3.8, 4) is 11.4 Å².